The van der Waals surface area contributed by atoms with Crippen molar-refractivity contribution in [3.63, 3.8) is 0 Å². The number of nitrogens with zero attached hydrogens (tertiary/aromatic N) is 1. The van der Waals surface area contributed by atoms with Crippen molar-refractivity contribution < 1.29 is 19.4 Å². The van der Waals surface area contributed by atoms with Gasteiger partial charge >= 0.3 is 0 Å². The fourth-order valence-electron chi connectivity index (χ4n) is 3.18. The lowest BCUT2D eigenvalue weighted by Crippen LogP contribution is -2.40. The molecular weight excluding hydrogens is 356 g/mol. The average molecular weight is 382 g/mol. The number of aliphatic hydroxyl groups is 1. The number of likely N-dealkylation sites (tertiary alicyclic amines) is 1. The Hall–Kier alpha value is -2.86. The first-order valence-electron chi connectivity index (χ1n) is 9.64. The smallest absolute Gasteiger partial charge is 0.255 e. The number of carbonyl (C=O) groups is 2. The van der Waals surface area contributed by atoms with Crippen LogP contribution in [-0.2, 0) is 11.2 Å². The summed E-state index contributed by atoms with van der Waals surface area (Å²) in [5.41, 5.74) is 2.13. The molecule has 2 amide bonds. The molecule has 2 N–H and O–H groups in total. The summed E-state index contributed by atoms with van der Waals surface area (Å²) in [6, 6.07) is 14.3. The van der Waals surface area contributed by atoms with Crippen LogP contribution in [0.25, 0.3) is 0 Å². The van der Waals surface area contributed by atoms with Crippen LogP contribution in [0.5, 0.6) is 5.75 Å². The van der Waals surface area contributed by atoms with Gasteiger partial charge in [-0.1, -0.05) is 12.1 Å². The molecule has 1 aliphatic rings. The number of benzene rings is 2. The lowest BCUT2D eigenvalue weighted by atomic mass is 10.1. The summed E-state index contributed by atoms with van der Waals surface area (Å²) < 4.78 is 5.38. The Morgan fingerprint density at radius 2 is 1.71 bits per heavy atom. The molecule has 0 saturated carbocycles. The third-order valence-electron chi connectivity index (χ3n) is 4.81. The molecular formula is C22H26N2O4. The minimum absolute atomic E-state index is 0.0677. The molecule has 1 aliphatic heterocycles. The minimum atomic E-state index is -0.290. The monoisotopic (exact) mass is 382 g/mol. The second-order valence-corrected chi connectivity index (χ2v) is 6.90. The van der Waals surface area contributed by atoms with Crippen LogP contribution in [0.2, 0.25) is 0 Å². The quantitative estimate of drug-likeness (QED) is 0.805. The third kappa shape index (κ3) is 5.33. The molecule has 6 heteroatoms. The summed E-state index contributed by atoms with van der Waals surface area (Å²) in [7, 11) is 0. The van der Waals surface area contributed by atoms with Gasteiger partial charge in [0.15, 0.2) is 0 Å². The summed E-state index contributed by atoms with van der Waals surface area (Å²) in [5.74, 6) is 0.605. The zero-order chi connectivity index (χ0) is 19.9. The molecule has 1 saturated heterocycles. The van der Waals surface area contributed by atoms with Crippen molar-refractivity contribution in [3.05, 3.63) is 59.7 Å². The molecule has 2 aromatic rings. The van der Waals surface area contributed by atoms with E-state index in [2.05, 4.69) is 5.32 Å². The number of amides is 2. The SMILES string of the molecule is CCOc1ccc(C(=O)Nc2ccc(CC(=O)N3CCC(O)CC3)cc2)cc1. The Kier molecular flexibility index (Phi) is 6.66. The van der Waals surface area contributed by atoms with Gasteiger partial charge in [0.2, 0.25) is 5.91 Å². The molecule has 0 spiro atoms. The van der Waals surface area contributed by atoms with Crippen LogP contribution in [0.3, 0.4) is 0 Å². The first-order chi connectivity index (χ1) is 13.5. The van der Waals surface area contributed by atoms with E-state index >= 15 is 0 Å². The molecule has 0 aliphatic carbocycles. The Morgan fingerprint density at radius 3 is 2.32 bits per heavy atom. The zero-order valence-electron chi connectivity index (χ0n) is 16.1. The van der Waals surface area contributed by atoms with E-state index in [1.165, 1.54) is 0 Å². The van der Waals surface area contributed by atoms with Crippen LogP contribution in [0.15, 0.2) is 48.5 Å². The number of hydrogen-bond acceptors (Lipinski definition) is 4. The number of hydrogen-bond donors (Lipinski definition) is 2. The van der Waals surface area contributed by atoms with E-state index in [1.54, 1.807) is 41.3 Å². The van der Waals surface area contributed by atoms with Crippen molar-refractivity contribution in [2.75, 3.05) is 25.0 Å². The lowest BCUT2D eigenvalue weighted by Gasteiger charge is -2.29. The molecule has 6 nitrogen and oxygen atoms in total. The molecule has 0 radical (unpaired) electrons. The van der Waals surface area contributed by atoms with Crippen molar-refractivity contribution in [1.82, 2.24) is 4.90 Å². The van der Waals surface area contributed by atoms with Crippen LogP contribution in [0.4, 0.5) is 5.69 Å². The zero-order valence-corrected chi connectivity index (χ0v) is 16.1. The van der Waals surface area contributed by atoms with Crippen molar-refractivity contribution >= 4 is 17.5 Å². The van der Waals surface area contributed by atoms with Gasteiger partial charge in [0.25, 0.3) is 5.91 Å². The number of carbonyl (C=O) groups excluding carboxylic acids is 2. The second-order valence-electron chi connectivity index (χ2n) is 6.90. The van der Waals surface area contributed by atoms with Crippen molar-refractivity contribution in [3.8, 4) is 5.75 Å². The van der Waals surface area contributed by atoms with Gasteiger partial charge in [0, 0.05) is 24.3 Å². The van der Waals surface area contributed by atoms with Gasteiger partial charge in [-0.3, -0.25) is 9.59 Å². The number of rotatable bonds is 6. The number of ether oxygens (including phenoxy) is 1. The molecule has 148 valence electrons. The highest BCUT2D eigenvalue weighted by Crippen LogP contribution is 2.16. The number of anilines is 1. The fourth-order valence-corrected chi connectivity index (χ4v) is 3.18. The number of piperidine rings is 1. The summed E-state index contributed by atoms with van der Waals surface area (Å²) in [4.78, 5) is 26.5. The Morgan fingerprint density at radius 1 is 1.07 bits per heavy atom. The maximum Gasteiger partial charge on any atom is 0.255 e. The van der Waals surface area contributed by atoms with E-state index < -0.39 is 0 Å². The van der Waals surface area contributed by atoms with E-state index in [0.29, 0.717) is 50.2 Å². The highest BCUT2D eigenvalue weighted by Gasteiger charge is 2.21. The lowest BCUT2D eigenvalue weighted by molar-refractivity contribution is -0.132. The van der Waals surface area contributed by atoms with Gasteiger partial charge in [-0.05, 0) is 61.7 Å². The Balaban J connectivity index is 1.53. The van der Waals surface area contributed by atoms with Crippen LogP contribution in [0.1, 0.15) is 35.7 Å². The molecule has 2 aromatic carbocycles. The summed E-state index contributed by atoms with van der Waals surface area (Å²) in [5, 5.41) is 12.4. The molecule has 0 atom stereocenters. The molecule has 28 heavy (non-hydrogen) atoms. The minimum Gasteiger partial charge on any atom is -0.494 e. The first kappa shape index (κ1) is 19.9. The molecule has 0 aromatic heterocycles. The molecule has 0 bridgehead atoms. The van der Waals surface area contributed by atoms with Gasteiger partial charge in [0.05, 0.1) is 19.1 Å². The van der Waals surface area contributed by atoms with Gasteiger partial charge in [-0.15, -0.1) is 0 Å². The fraction of sp³-hybridized carbons (Fsp3) is 0.364. The van der Waals surface area contributed by atoms with Gasteiger partial charge in [0.1, 0.15) is 5.75 Å². The Labute approximate surface area is 165 Å². The van der Waals surface area contributed by atoms with E-state index in [-0.39, 0.29) is 17.9 Å². The van der Waals surface area contributed by atoms with Crippen LogP contribution >= 0.6 is 0 Å². The predicted molar refractivity (Wildman–Crippen MR) is 108 cm³/mol. The van der Waals surface area contributed by atoms with Crippen LogP contribution in [-0.4, -0.2) is 47.6 Å². The molecule has 1 fully saturated rings. The Bertz CT molecular complexity index is 794. The van der Waals surface area contributed by atoms with Crippen LogP contribution < -0.4 is 10.1 Å². The summed E-state index contributed by atoms with van der Waals surface area (Å²) in [6.45, 7) is 3.71. The second kappa shape index (κ2) is 9.37. The van der Waals surface area contributed by atoms with Gasteiger partial charge in [-0.25, -0.2) is 0 Å². The number of aliphatic hydroxyl groups excluding tert-OH is 1. The molecule has 1 heterocycles. The molecule has 0 unspecified atom stereocenters. The first-order valence-corrected chi connectivity index (χ1v) is 9.64. The van der Waals surface area contributed by atoms with E-state index in [0.717, 1.165) is 11.3 Å². The predicted octanol–water partition coefficient (Wildman–Crippen LogP) is 2.86. The summed E-state index contributed by atoms with van der Waals surface area (Å²) >= 11 is 0. The maximum atomic E-state index is 12.4. The van der Waals surface area contributed by atoms with Crippen molar-refractivity contribution in [1.29, 1.82) is 0 Å². The summed E-state index contributed by atoms with van der Waals surface area (Å²) in [6.07, 6.45) is 1.32. The maximum absolute atomic E-state index is 12.4. The van der Waals surface area contributed by atoms with Gasteiger partial charge < -0.3 is 20.1 Å². The average Bonchev–Trinajstić information content (AvgIpc) is 2.70. The normalized spacial score (nSPS) is 14.6. The highest BCUT2D eigenvalue weighted by atomic mass is 16.5. The standard InChI is InChI=1S/C22H26N2O4/c1-2-28-20-9-5-17(6-10-20)22(27)23-18-7-3-16(4-8-18)15-21(26)24-13-11-19(25)12-14-24/h3-10,19,25H,2,11-15H2,1H3,(H,23,27). The van der Waals surface area contributed by atoms with Crippen molar-refractivity contribution in [2.24, 2.45) is 0 Å². The molecule has 3 rings (SSSR count). The third-order valence-corrected chi connectivity index (χ3v) is 4.81. The number of nitrogens with one attached hydrogen (secondary N) is 1. The largest absolute Gasteiger partial charge is 0.494 e. The van der Waals surface area contributed by atoms with E-state index in [1.807, 2.05) is 19.1 Å². The topological polar surface area (TPSA) is 78.9 Å². The highest BCUT2D eigenvalue weighted by molar-refractivity contribution is 6.04. The van der Waals surface area contributed by atoms with E-state index in [4.69, 9.17) is 4.74 Å². The van der Waals surface area contributed by atoms with E-state index in [9.17, 15) is 14.7 Å². The van der Waals surface area contributed by atoms with Crippen LogP contribution in [0, 0.1) is 0 Å². The van der Waals surface area contributed by atoms with Crippen molar-refractivity contribution in [2.45, 2.75) is 32.3 Å². The van der Waals surface area contributed by atoms with Gasteiger partial charge in [-0.2, -0.15) is 0 Å².